The number of aromatic nitrogens is 1. The Balaban J connectivity index is 2.18. The standard InChI is InChI=1S/C20H25N3OS/c1-5-22(6-2)14-9-10-16-18(12-14)25-19-13-15(23(7-3)8-4)11-17(24)20(19)21-16/h9-13H,5-8H2,1-4H3. The molecular weight excluding hydrogens is 330 g/mol. The van der Waals surface area contributed by atoms with E-state index in [4.69, 9.17) is 0 Å². The van der Waals surface area contributed by atoms with Crippen molar-refractivity contribution in [3.05, 3.63) is 40.6 Å². The summed E-state index contributed by atoms with van der Waals surface area (Å²) in [6, 6.07) is 10.1. The summed E-state index contributed by atoms with van der Waals surface area (Å²) in [7, 11) is 0. The Morgan fingerprint density at radius 1 is 0.880 bits per heavy atom. The molecule has 1 aliphatic carbocycles. The summed E-state index contributed by atoms with van der Waals surface area (Å²) < 4.78 is 1.12. The second kappa shape index (κ2) is 7.40. The Morgan fingerprint density at radius 2 is 1.52 bits per heavy atom. The highest BCUT2D eigenvalue weighted by Crippen LogP contribution is 2.33. The number of fused-ring (bicyclic) bond motifs is 2. The van der Waals surface area contributed by atoms with Crippen LogP contribution in [0.1, 0.15) is 27.7 Å². The molecule has 0 spiro atoms. The fraction of sp³-hybridized carbons (Fsp3) is 0.400. The lowest BCUT2D eigenvalue weighted by Gasteiger charge is -2.22. The van der Waals surface area contributed by atoms with E-state index < -0.39 is 0 Å². The maximum atomic E-state index is 12.6. The Bertz CT molecular complexity index is 897. The van der Waals surface area contributed by atoms with Gasteiger partial charge in [0.2, 0.25) is 5.43 Å². The zero-order valence-corrected chi connectivity index (χ0v) is 16.2. The first-order valence-electron chi connectivity index (χ1n) is 8.99. The quantitative estimate of drug-likeness (QED) is 0.612. The van der Waals surface area contributed by atoms with Crippen LogP contribution in [0.2, 0.25) is 0 Å². The van der Waals surface area contributed by atoms with Crippen LogP contribution in [0.15, 0.2) is 35.1 Å². The molecule has 0 N–H and O–H groups in total. The maximum absolute atomic E-state index is 12.6. The van der Waals surface area contributed by atoms with Crippen molar-refractivity contribution in [2.45, 2.75) is 27.7 Å². The van der Waals surface area contributed by atoms with E-state index >= 15 is 0 Å². The molecular formula is C20H25N3OS. The molecule has 0 radical (unpaired) electrons. The third-order valence-electron chi connectivity index (χ3n) is 4.68. The second-order valence-electron chi connectivity index (χ2n) is 6.00. The van der Waals surface area contributed by atoms with Crippen molar-refractivity contribution in [3.8, 4) is 10.6 Å². The highest BCUT2D eigenvalue weighted by Gasteiger charge is 2.15. The highest BCUT2D eigenvalue weighted by molar-refractivity contribution is 7.21. The Hall–Kier alpha value is -2.14. The zero-order valence-electron chi connectivity index (χ0n) is 15.4. The molecule has 0 atom stereocenters. The van der Waals surface area contributed by atoms with E-state index in [1.165, 1.54) is 5.69 Å². The van der Waals surface area contributed by atoms with Crippen molar-refractivity contribution in [3.63, 3.8) is 0 Å². The molecule has 25 heavy (non-hydrogen) atoms. The number of rotatable bonds is 6. The minimum absolute atomic E-state index is 0.00497. The molecule has 2 aliphatic rings. The van der Waals surface area contributed by atoms with Crippen molar-refractivity contribution in [1.29, 1.82) is 0 Å². The van der Waals surface area contributed by atoms with Gasteiger partial charge in [0.05, 0.1) is 15.1 Å². The molecule has 132 valence electrons. The third-order valence-corrected chi connectivity index (χ3v) is 5.76. The molecule has 0 amide bonds. The van der Waals surface area contributed by atoms with Crippen molar-refractivity contribution in [2.75, 3.05) is 36.0 Å². The number of anilines is 2. The lowest BCUT2D eigenvalue weighted by Crippen LogP contribution is -2.23. The summed E-state index contributed by atoms with van der Waals surface area (Å²) in [6.45, 7) is 12.3. The largest absolute Gasteiger partial charge is 0.372 e. The first-order valence-corrected chi connectivity index (χ1v) is 9.81. The van der Waals surface area contributed by atoms with Crippen LogP contribution in [0.5, 0.6) is 0 Å². The van der Waals surface area contributed by atoms with E-state index in [0.717, 1.165) is 47.0 Å². The summed E-state index contributed by atoms with van der Waals surface area (Å²) >= 11 is 1.65. The molecule has 3 rings (SSSR count). The molecule has 1 heterocycles. The first-order chi connectivity index (χ1) is 12.1. The SMILES string of the molecule is CCN(CC)c1cc2sc3cc(N(CC)CC)ccc3nc-2c(=O)c1. The lowest BCUT2D eigenvalue weighted by molar-refractivity contribution is 0.866. The summed E-state index contributed by atoms with van der Waals surface area (Å²) in [4.78, 5) is 22.7. The van der Waals surface area contributed by atoms with Crippen LogP contribution in [-0.4, -0.2) is 31.2 Å². The molecule has 0 fully saturated rings. The van der Waals surface area contributed by atoms with Gasteiger partial charge in [-0.2, -0.15) is 0 Å². The smallest absolute Gasteiger partial charge is 0.207 e. The van der Waals surface area contributed by atoms with E-state index in [-0.39, 0.29) is 5.43 Å². The van der Waals surface area contributed by atoms with Crippen molar-refractivity contribution >= 4 is 32.9 Å². The van der Waals surface area contributed by atoms with Gasteiger partial charge in [-0.15, -0.1) is 11.3 Å². The zero-order chi connectivity index (χ0) is 18.0. The highest BCUT2D eigenvalue weighted by atomic mass is 32.1. The minimum Gasteiger partial charge on any atom is -0.372 e. The fourth-order valence-electron chi connectivity index (χ4n) is 3.23. The van der Waals surface area contributed by atoms with Crippen LogP contribution in [-0.2, 0) is 0 Å². The monoisotopic (exact) mass is 355 g/mol. The molecule has 0 saturated carbocycles. The van der Waals surface area contributed by atoms with Crippen LogP contribution in [0, 0.1) is 0 Å². The van der Waals surface area contributed by atoms with Gasteiger partial charge in [0, 0.05) is 43.6 Å². The Morgan fingerprint density at radius 3 is 2.16 bits per heavy atom. The van der Waals surface area contributed by atoms with Gasteiger partial charge in [-0.25, -0.2) is 4.98 Å². The molecule has 0 saturated heterocycles. The normalized spacial score (nSPS) is 11.2. The number of hydrogen-bond donors (Lipinski definition) is 0. The van der Waals surface area contributed by atoms with Crippen LogP contribution in [0.4, 0.5) is 11.4 Å². The van der Waals surface area contributed by atoms with Gasteiger partial charge < -0.3 is 9.80 Å². The molecule has 5 heteroatoms. The predicted molar refractivity (Wildman–Crippen MR) is 110 cm³/mol. The molecule has 0 unspecified atom stereocenters. The number of benzene rings is 2. The topological polar surface area (TPSA) is 36.4 Å². The first kappa shape index (κ1) is 17.7. The Labute approximate surface area is 153 Å². The number of nitrogens with zero attached hydrogens (tertiary/aromatic N) is 3. The van der Waals surface area contributed by atoms with E-state index in [0.29, 0.717) is 5.69 Å². The van der Waals surface area contributed by atoms with Gasteiger partial charge in [-0.3, -0.25) is 4.79 Å². The van der Waals surface area contributed by atoms with Crippen molar-refractivity contribution in [1.82, 2.24) is 4.98 Å². The Kier molecular flexibility index (Phi) is 5.23. The molecule has 0 aromatic heterocycles. The predicted octanol–water partition coefficient (Wildman–Crippen LogP) is 4.45. The molecule has 1 aliphatic heterocycles. The van der Waals surface area contributed by atoms with E-state index in [9.17, 15) is 4.79 Å². The van der Waals surface area contributed by atoms with Gasteiger partial charge in [-0.05, 0) is 52.0 Å². The molecule has 1 aromatic rings. The van der Waals surface area contributed by atoms with Gasteiger partial charge in [0.25, 0.3) is 0 Å². The molecule has 0 bridgehead atoms. The summed E-state index contributed by atoms with van der Waals surface area (Å²) in [6.07, 6.45) is 0. The lowest BCUT2D eigenvalue weighted by atomic mass is 10.2. The van der Waals surface area contributed by atoms with Gasteiger partial charge in [0.1, 0.15) is 5.69 Å². The van der Waals surface area contributed by atoms with Gasteiger partial charge >= 0.3 is 0 Å². The average Bonchev–Trinajstić information content (AvgIpc) is 2.62. The van der Waals surface area contributed by atoms with Crippen LogP contribution in [0.25, 0.3) is 20.8 Å². The van der Waals surface area contributed by atoms with Crippen molar-refractivity contribution in [2.24, 2.45) is 0 Å². The van der Waals surface area contributed by atoms with E-state index in [2.05, 4.69) is 60.7 Å². The van der Waals surface area contributed by atoms with Crippen LogP contribution >= 0.6 is 11.3 Å². The van der Waals surface area contributed by atoms with E-state index in [1.807, 2.05) is 6.07 Å². The average molecular weight is 356 g/mol. The maximum Gasteiger partial charge on any atom is 0.207 e. The summed E-state index contributed by atoms with van der Waals surface area (Å²) in [5, 5.41) is 0. The van der Waals surface area contributed by atoms with Crippen LogP contribution < -0.4 is 15.2 Å². The van der Waals surface area contributed by atoms with E-state index in [1.54, 1.807) is 17.4 Å². The van der Waals surface area contributed by atoms with Gasteiger partial charge in [0.15, 0.2) is 0 Å². The molecule has 4 nitrogen and oxygen atoms in total. The van der Waals surface area contributed by atoms with Crippen molar-refractivity contribution < 1.29 is 0 Å². The summed E-state index contributed by atoms with van der Waals surface area (Å²) in [5.41, 5.74) is 3.66. The fourth-order valence-corrected chi connectivity index (χ4v) is 4.29. The van der Waals surface area contributed by atoms with Gasteiger partial charge in [-0.1, -0.05) is 0 Å². The number of hydrogen-bond acceptors (Lipinski definition) is 5. The minimum atomic E-state index is 0.00497. The summed E-state index contributed by atoms with van der Waals surface area (Å²) in [5.74, 6) is 0. The molecule has 1 aromatic carbocycles. The second-order valence-corrected chi connectivity index (χ2v) is 7.08. The third kappa shape index (κ3) is 3.33. The van der Waals surface area contributed by atoms with Crippen LogP contribution in [0.3, 0.4) is 0 Å².